The number of nitrogens with one attached hydrogen (secondary N) is 1. The molecular formula is C15H28N2O2. The van der Waals surface area contributed by atoms with Crippen molar-refractivity contribution in [1.82, 2.24) is 10.2 Å². The highest BCUT2D eigenvalue weighted by Crippen LogP contribution is 2.39. The van der Waals surface area contributed by atoms with E-state index >= 15 is 0 Å². The molecule has 2 aliphatic carbocycles. The zero-order valence-corrected chi connectivity index (χ0v) is 12.5. The third kappa shape index (κ3) is 3.29. The van der Waals surface area contributed by atoms with Crippen LogP contribution < -0.4 is 5.32 Å². The van der Waals surface area contributed by atoms with E-state index in [0.29, 0.717) is 6.04 Å². The van der Waals surface area contributed by atoms with Gasteiger partial charge in [0.15, 0.2) is 0 Å². The Morgan fingerprint density at radius 3 is 2.74 bits per heavy atom. The Hall–Kier alpha value is -0.610. The van der Waals surface area contributed by atoms with Crippen molar-refractivity contribution in [2.75, 3.05) is 20.1 Å². The highest BCUT2D eigenvalue weighted by atomic mass is 16.4. The van der Waals surface area contributed by atoms with E-state index in [1.165, 1.54) is 6.42 Å². The lowest BCUT2D eigenvalue weighted by Gasteiger charge is -2.41. The second-order valence-corrected chi connectivity index (χ2v) is 6.58. The molecule has 4 nitrogen and oxygen atoms in total. The Morgan fingerprint density at radius 1 is 1.53 bits per heavy atom. The number of hydrogen-bond donors (Lipinski definition) is 2. The standard InChI is InChI=1S/C15H28N2O2/c1-4-16-15(14(18)19)7-5-6-13(9-15)17(3)10-12-8-11(12)2/h11-13,16H,4-10H2,1-3H3,(H,18,19). The average molecular weight is 268 g/mol. The molecular weight excluding hydrogens is 240 g/mol. The molecule has 4 unspecified atom stereocenters. The summed E-state index contributed by atoms with van der Waals surface area (Å²) in [6.45, 7) is 6.15. The number of rotatable bonds is 6. The highest BCUT2D eigenvalue weighted by molar-refractivity contribution is 5.79. The van der Waals surface area contributed by atoms with Crippen molar-refractivity contribution >= 4 is 5.97 Å². The summed E-state index contributed by atoms with van der Waals surface area (Å²) in [5.74, 6) is 1.03. The number of hydrogen-bond acceptors (Lipinski definition) is 3. The maximum absolute atomic E-state index is 11.6. The van der Waals surface area contributed by atoms with Crippen LogP contribution in [0.4, 0.5) is 0 Å². The van der Waals surface area contributed by atoms with Crippen molar-refractivity contribution in [2.24, 2.45) is 11.8 Å². The molecule has 0 aromatic carbocycles. The monoisotopic (exact) mass is 268 g/mol. The first-order chi connectivity index (χ1) is 8.98. The molecule has 0 aromatic rings. The second-order valence-electron chi connectivity index (χ2n) is 6.58. The van der Waals surface area contributed by atoms with Crippen LogP contribution in [0.1, 0.15) is 46.0 Å². The van der Waals surface area contributed by atoms with Gasteiger partial charge < -0.3 is 15.3 Å². The molecule has 2 rings (SSSR count). The minimum Gasteiger partial charge on any atom is -0.480 e. The number of carboxylic acids is 1. The van der Waals surface area contributed by atoms with Gasteiger partial charge in [0.05, 0.1) is 0 Å². The van der Waals surface area contributed by atoms with Crippen LogP contribution in [0.15, 0.2) is 0 Å². The molecule has 0 bridgehead atoms. The summed E-state index contributed by atoms with van der Waals surface area (Å²) >= 11 is 0. The van der Waals surface area contributed by atoms with E-state index < -0.39 is 11.5 Å². The molecule has 0 aliphatic heterocycles. The van der Waals surface area contributed by atoms with Gasteiger partial charge in [-0.1, -0.05) is 13.8 Å². The fourth-order valence-corrected chi connectivity index (χ4v) is 3.56. The predicted molar refractivity (Wildman–Crippen MR) is 76.2 cm³/mol. The fraction of sp³-hybridized carbons (Fsp3) is 0.933. The SMILES string of the molecule is CCNC1(C(=O)O)CCCC(N(C)CC2CC2C)C1. The molecule has 0 radical (unpaired) electrons. The Morgan fingerprint density at radius 2 is 2.21 bits per heavy atom. The summed E-state index contributed by atoms with van der Waals surface area (Å²) in [5, 5.41) is 12.8. The van der Waals surface area contributed by atoms with Gasteiger partial charge in [0.1, 0.15) is 5.54 Å². The van der Waals surface area contributed by atoms with Crippen molar-refractivity contribution in [3.8, 4) is 0 Å². The fourth-order valence-electron chi connectivity index (χ4n) is 3.56. The highest BCUT2D eigenvalue weighted by Gasteiger charge is 2.44. The van der Waals surface area contributed by atoms with Crippen LogP contribution in [0.2, 0.25) is 0 Å². The van der Waals surface area contributed by atoms with Gasteiger partial charge in [0.2, 0.25) is 0 Å². The van der Waals surface area contributed by atoms with Gasteiger partial charge in [-0.05, 0) is 57.5 Å². The van der Waals surface area contributed by atoms with E-state index in [1.54, 1.807) is 0 Å². The van der Waals surface area contributed by atoms with Crippen LogP contribution >= 0.6 is 0 Å². The van der Waals surface area contributed by atoms with E-state index in [9.17, 15) is 9.90 Å². The number of aliphatic carboxylic acids is 1. The smallest absolute Gasteiger partial charge is 0.323 e. The molecule has 2 aliphatic rings. The zero-order chi connectivity index (χ0) is 14.0. The first-order valence-electron chi connectivity index (χ1n) is 7.67. The molecule has 0 aromatic heterocycles. The summed E-state index contributed by atoms with van der Waals surface area (Å²) < 4.78 is 0. The van der Waals surface area contributed by atoms with E-state index in [-0.39, 0.29) is 0 Å². The van der Waals surface area contributed by atoms with Gasteiger partial charge in [0.25, 0.3) is 0 Å². The van der Waals surface area contributed by atoms with Gasteiger partial charge >= 0.3 is 5.97 Å². The van der Waals surface area contributed by atoms with Gasteiger partial charge in [-0.15, -0.1) is 0 Å². The maximum atomic E-state index is 11.6. The third-order valence-electron chi connectivity index (χ3n) is 5.07. The predicted octanol–water partition coefficient (Wildman–Crippen LogP) is 1.95. The van der Waals surface area contributed by atoms with Crippen molar-refractivity contribution in [3.05, 3.63) is 0 Å². The molecule has 2 saturated carbocycles. The summed E-state index contributed by atoms with van der Waals surface area (Å²) in [7, 11) is 2.17. The van der Waals surface area contributed by atoms with Crippen LogP contribution in [0.25, 0.3) is 0 Å². The van der Waals surface area contributed by atoms with E-state index in [1.807, 2.05) is 6.92 Å². The van der Waals surface area contributed by atoms with E-state index in [4.69, 9.17) is 0 Å². The summed E-state index contributed by atoms with van der Waals surface area (Å²) in [5.41, 5.74) is -0.693. The van der Waals surface area contributed by atoms with Crippen LogP contribution in [0.5, 0.6) is 0 Å². The number of carboxylic acid groups (broad SMARTS) is 1. The topological polar surface area (TPSA) is 52.6 Å². The molecule has 0 amide bonds. The van der Waals surface area contributed by atoms with Crippen LogP contribution in [0, 0.1) is 11.8 Å². The molecule has 110 valence electrons. The molecule has 2 N–H and O–H groups in total. The summed E-state index contributed by atoms with van der Waals surface area (Å²) in [6.07, 6.45) is 5.00. The minimum absolute atomic E-state index is 0.414. The van der Waals surface area contributed by atoms with Crippen LogP contribution in [-0.4, -0.2) is 47.7 Å². The normalized spacial score (nSPS) is 38.4. The van der Waals surface area contributed by atoms with Gasteiger partial charge in [-0.25, -0.2) is 0 Å². The van der Waals surface area contributed by atoms with Crippen molar-refractivity contribution < 1.29 is 9.90 Å². The maximum Gasteiger partial charge on any atom is 0.323 e. The number of nitrogens with zero attached hydrogens (tertiary/aromatic N) is 1. The molecule has 0 spiro atoms. The Kier molecular flexibility index (Phi) is 4.51. The lowest BCUT2D eigenvalue weighted by Crippen LogP contribution is -2.58. The minimum atomic E-state index is -0.693. The molecule has 4 heteroatoms. The molecule has 4 atom stereocenters. The first kappa shape index (κ1) is 14.8. The summed E-state index contributed by atoms with van der Waals surface area (Å²) in [6, 6.07) is 0.414. The van der Waals surface area contributed by atoms with Gasteiger partial charge in [0, 0.05) is 12.6 Å². The van der Waals surface area contributed by atoms with E-state index in [0.717, 1.165) is 50.6 Å². The Bertz CT molecular complexity index is 330. The van der Waals surface area contributed by atoms with E-state index in [2.05, 4.69) is 24.2 Å². The van der Waals surface area contributed by atoms with Gasteiger partial charge in [-0.2, -0.15) is 0 Å². The molecule has 0 heterocycles. The molecule has 19 heavy (non-hydrogen) atoms. The first-order valence-corrected chi connectivity index (χ1v) is 7.67. The number of carbonyl (C=O) groups is 1. The van der Waals surface area contributed by atoms with Crippen molar-refractivity contribution in [3.63, 3.8) is 0 Å². The van der Waals surface area contributed by atoms with Gasteiger partial charge in [-0.3, -0.25) is 4.79 Å². The second kappa shape index (κ2) is 5.80. The lowest BCUT2D eigenvalue weighted by molar-refractivity contribution is -0.147. The Labute approximate surface area is 116 Å². The number of likely N-dealkylation sites (N-methyl/N-ethyl adjacent to an activating group) is 1. The van der Waals surface area contributed by atoms with Crippen molar-refractivity contribution in [2.45, 2.75) is 57.5 Å². The van der Waals surface area contributed by atoms with Crippen LogP contribution in [-0.2, 0) is 4.79 Å². The Balaban J connectivity index is 1.96. The quantitative estimate of drug-likeness (QED) is 0.773. The third-order valence-corrected chi connectivity index (χ3v) is 5.07. The average Bonchev–Trinajstić information content (AvgIpc) is 3.05. The summed E-state index contributed by atoms with van der Waals surface area (Å²) in [4.78, 5) is 14.0. The molecule has 0 saturated heterocycles. The largest absolute Gasteiger partial charge is 0.480 e. The zero-order valence-electron chi connectivity index (χ0n) is 12.5. The molecule has 2 fully saturated rings. The van der Waals surface area contributed by atoms with Crippen LogP contribution in [0.3, 0.4) is 0 Å². The van der Waals surface area contributed by atoms with Crippen molar-refractivity contribution in [1.29, 1.82) is 0 Å². The lowest BCUT2D eigenvalue weighted by atomic mass is 9.78.